The minimum atomic E-state index is -0.601. The first-order valence-corrected chi connectivity index (χ1v) is 11.4. The molecule has 0 N–H and O–H groups in total. The number of ether oxygens (including phenoxy) is 1. The maximum atomic E-state index is 13.6. The van der Waals surface area contributed by atoms with Crippen LogP contribution in [0.2, 0.25) is 0 Å². The number of anilines is 1. The molecule has 3 aromatic rings. The van der Waals surface area contributed by atoms with Crippen molar-refractivity contribution in [3.63, 3.8) is 0 Å². The molecule has 0 radical (unpaired) electrons. The number of para-hydroxylation sites is 1. The van der Waals surface area contributed by atoms with Crippen molar-refractivity contribution in [2.45, 2.75) is 19.9 Å². The largest absolute Gasteiger partial charge is 0.463 e. The van der Waals surface area contributed by atoms with Crippen molar-refractivity contribution < 1.29 is 14.3 Å². The molecule has 1 aromatic heterocycles. The van der Waals surface area contributed by atoms with Crippen LogP contribution in [0.5, 0.6) is 0 Å². The highest BCUT2D eigenvalue weighted by Crippen LogP contribution is 2.34. The first-order chi connectivity index (χ1) is 15.9. The van der Waals surface area contributed by atoms with Crippen LogP contribution in [0.25, 0.3) is 11.3 Å². The molecule has 1 amide bonds. The number of nitrogens with zero attached hydrogens (tertiary/aromatic N) is 3. The molecular weight excluding hydrogens is 438 g/mol. The zero-order valence-corrected chi connectivity index (χ0v) is 19.2. The molecule has 2 aliphatic heterocycles. The molecule has 0 fully saturated rings. The fraction of sp³-hybridized carbons (Fsp3) is 0.200. The van der Waals surface area contributed by atoms with E-state index in [4.69, 9.17) is 9.73 Å². The van der Waals surface area contributed by atoms with Gasteiger partial charge in [-0.05, 0) is 25.5 Å². The van der Waals surface area contributed by atoms with E-state index in [0.717, 1.165) is 11.3 Å². The van der Waals surface area contributed by atoms with Crippen molar-refractivity contribution in [1.29, 1.82) is 0 Å². The second-order valence-electron chi connectivity index (χ2n) is 7.77. The average Bonchev–Trinajstić information content (AvgIpc) is 3.28. The molecule has 5 rings (SSSR count). The van der Waals surface area contributed by atoms with Crippen LogP contribution in [0.4, 0.5) is 5.69 Å². The number of allylic oxidation sites excluding steroid dienone is 1. The van der Waals surface area contributed by atoms with Crippen LogP contribution < -0.4 is 19.8 Å². The van der Waals surface area contributed by atoms with E-state index in [9.17, 15) is 14.4 Å². The number of fused-ring (bicyclic) bond motifs is 2. The number of amides is 1. The van der Waals surface area contributed by atoms with E-state index in [1.54, 1.807) is 25.8 Å². The first kappa shape index (κ1) is 21.1. The third-order valence-corrected chi connectivity index (χ3v) is 6.96. The van der Waals surface area contributed by atoms with Crippen LogP contribution in [0, 0.1) is 0 Å². The van der Waals surface area contributed by atoms with E-state index in [-0.39, 0.29) is 18.1 Å². The Hall–Kier alpha value is -3.78. The lowest BCUT2D eigenvalue weighted by molar-refractivity contribution is -0.138. The van der Waals surface area contributed by atoms with Gasteiger partial charge >= 0.3 is 5.97 Å². The Bertz CT molecular complexity index is 1510. The molecule has 7 nitrogen and oxygen atoms in total. The topological polar surface area (TPSA) is 81.0 Å². The van der Waals surface area contributed by atoms with Crippen molar-refractivity contribution >= 4 is 40.2 Å². The van der Waals surface area contributed by atoms with Crippen molar-refractivity contribution in [3.05, 3.63) is 91.0 Å². The van der Waals surface area contributed by atoms with Crippen LogP contribution in [-0.4, -0.2) is 30.1 Å². The molecule has 2 aromatic carbocycles. The van der Waals surface area contributed by atoms with Crippen molar-refractivity contribution in [3.8, 4) is 0 Å². The molecule has 0 spiro atoms. The first-order valence-electron chi connectivity index (χ1n) is 10.6. The third kappa shape index (κ3) is 3.17. The number of benzene rings is 2. The van der Waals surface area contributed by atoms with Crippen LogP contribution in [0.15, 0.2) is 70.0 Å². The van der Waals surface area contributed by atoms with Gasteiger partial charge in [-0.25, -0.2) is 9.79 Å². The normalized spacial score (nSPS) is 18.7. The van der Waals surface area contributed by atoms with Gasteiger partial charge in [-0.15, -0.1) is 0 Å². The van der Waals surface area contributed by atoms with Crippen molar-refractivity contribution in [2.24, 2.45) is 4.99 Å². The summed E-state index contributed by atoms with van der Waals surface area (Å²) in [6, 6.07) is 16.2. The van der Waals surface area contributed by atoms with E-state index >= 15 is 0 Å². The number of carbonyl (C=O) groups excluding carboxylic acids is 2. The van der Waals surface area contributed by atoms with Gasteiger partial charge in [0.25, 0.3) is 11.5 Å². The second kappa shape index (κ2) is 7.97. The molecule has 1 atom stereocenters. The van der Waals surface area contributed by atoms with Crippen LogP contribution in [0.3, 0.4) is 0 Å². The number of rotatable bonds is 3. The molecule has 33 heavy (non-hydrogen) atoms. The predicted molar refractivity (Wildman–Crippen MR) is 126 cm³/mol. The number of hydrogen-bond acceptors (Lipinski definition) is 6. The minimum Gasteiger partial charge on any atom is -0.463 e. The minimum absolute atomic E-state index is 0.212. The molecule has 0 saturated carbocycles. The lowest BCUT2D eigenvalue weighted by Gasteiger charge is -2.22. The summed E-state index contributed by atoms with van der Waals surface area (Å²) in [6.45, 7) is 3.67. The lowest BCUT2D eigenvalue weighted by Crippen LogP contribution is -2.36. The van der Waals surface area contributed by atoms with Crippen LogP contribution in [0.1, 0.15) is 31.0 Å². The van der Waals surface area contributed by atoms with E-state index in [1.807, 2.05) is 54.6 Å². The summed E-state index contributed by atoms with van der Waals surface area (Å²) in [7, 11) is 1.69. The van der Waals surface area contributed by atoms with E-state index in [1.165, 1.54) is 15.9 Å². The zero-order valence-electron chi connectivity index (χ0n) is 18.4. The summed E-state index contributed by atoms with van der Waals surface area (Å²) in [4.78, 5) is 46.4. The van der Waals surface area contributed by atoms with E-state index < -0.39 is 12.0 Å². The summed E-state index contributed by atoms with van der Waals surface area (Å²) >= 11 is 1.17. The fourth-order valence-electron chi connectivity index (χ4n) is 4.33. The molecule has 0 aliphatic carbocycles. The monoisotopic (exact) mass is 459 g/mol. The van der Waals surface area contributed by atoms with Gasteiger partial charge in [-0.3, -0.25) is 14.2 Å². The van der Waals surface area contributed by atoms with E-state index in [0.29, 0.717) is 31.7 Å². The van der Waals surface area contributed by atoms with Crippen LogP contribution in [-0.2, 0) is 14.3 Å². The van der Waals surface area contributed by atoms with Crippen molar-refractivity contribution in [2.75, 3.05) is 18.6 Å². The van der Waals surface area contributed by atoms with Crippen LogP contribution >= 0.6 is 11.3 Å². The van der Waals surface area contributed by atoms with Gasteiger partial charge in [-0.2, -0.15) is 0 Å². The van der Waals surface area contributed by atoms with Gasteiger partial charge in [-0.1, -0.05) is 59.9 Å². The Morgan fingerprint density at radius 1 is 1.09 bits per heavy atom. The smallest absolute Gasteiger partial charge is 0.338 e. The SMILES string of the molecule is CCOC(=O)C1=C(C)n2c(s/c(=C3\C(=O)N(C)c4ccccc43)c2=O)=N[C@H]1c1ccccc1. The quantitative estimate of drug-likeness (QED) is 0.563. The Morgan fingerprint density at radius 3 is 2.52 bits per heavy atom. The number of carbonyl (C=O) groups is 2. The van der Waals surface area contributed by atoms with E-state index in [2.05, 4.69) is 0 Å². The standard InChI is InChI=1S/C25H21N3O4S/c1-4-32-24(31)18-14(2)28-23(30)21(19-16-12-8-9-13-17(16)27(3)22(19)29)33-25(28)26-20(18)15-10-6-5-7-11-15/h5-13,20H,4H2,1-3H3/b21-19-/t20-/m0/s1. The highest BCUT2D eigenvalue weighted by atomic mass is 32.1. The molecule has 166 valence electrons. The Kier molecular flexibility index (Phi) is 5.09. The molecule has 0 bridgehead atoms. The summed E-state index contributed by atoms with van der Waals surface area (Å²) in [6.07, 6.45) is 0. The number of esters is 1. The maximum absolute atomic E-state index is 13.6. The Balaban J connectivity index is 1.83. The molecule has 2 aliphatic rings. The highest BCUT2D eigenvalue weighted by Gasteiger charge is 2.34. The third-order valence-electron chi connectivity index (χ3n) is 5.91. The van der Waals surface area contributed by atoms with Gasteiger partial charge in [0.2, 0.25) is 0 Å². The average molecular weight is 460 g/mol. The Labute approximate surface area is 193 Å². The molecule has 8 heteroatoms. The molecule has 3 heterocycles. The second-order valence-corrected chi connectivity index (χ2v) is 8.75. The maximum Gasteiger partial charge on any atom is 0.338 e. The van der Waals surface area contributed by atoms with Gasteiger partial charge in [0, 0.05) is 18.3 Å². The van der Waals surface area contributed by atoms with Gasteiger partial charge in [0.05, 0.1) is 23.4 Å². The van der Waals surface area contributed by atoms with Gasteiger partial charge in [0.1, 0.15) is 10.6 Å². The summed E-state index contributed by atoms with van der Waals surface area (Å²) in [5.74, 6) is -0.744. The van der Waals surface area contributed by atoms with Gasteiger partial charge < -0.3 is 9.64 Å². The fourth-order valence-corrected chi connectivity index (χ4v) is 5.46. The Morgan fingerprint density at radius 2 is 1.79 bits per heavy atom. The number of aromatic nitrogens is 1. The lowest BCUT2D eigenvalue weighted by atomic mass is 9.97. The number of hydrogen-bond donors (Lipinski definition) is 0. The molecule has 0 saturated heterocycles. The predicted octanol–water partition coefficient (Wildman–Crippen LogP) is 2.25. The number of likely N-dealkylation sites (N-methyl/N-ethyl adjacent to an activating group) is 1. The van der Waals surface area contributed by atoms with Gasteiger partial charge in [0.15, 0.2) is 4.80 Å². The summed E-state index contributed by atoms with van der Waals surface area (Å²) in [5, 5.41) is 0. The highest BCUT2D eigenvalue weighted by molar-refractivity contribution is 7.07. The molecular formula is C25H21N3O4S. The molecule has 0 unspecified atom stereocenters. The zero-order chi connectivity index (χ0) is 23.3. The number of thiazole rings is 1. The van der Waals surface area contributed by atoms with Crippen molar-refractivity contribution in [1.82, 2.24) is 4.57 Å². The summed E-state index contributed by atoms with van der Waals surface area (Å²) in [5.41, 5.74) is 3.08. The summed E-state index contributed by atoms with van der Waals surface area (Å²) < 4.78 is 7.04.